The Hall–Kier alpha value is -3.10. The van der Waals surface area contributed by atoms with E-state index in [1.807, 2.05) is 44.2 Å². The number of rotatable bonds is 5. The second kappa shape index (κ2) is 9.36. The summed E-state index contributed by atoms with van der Waals surface area (Å²) in [7, 11) is 0. The first-order valence-electron chi connectivity index (χ1n) is 10.4. The summed E-state index contributed by atoms with van der Waals surface area (Å²) in [5.41, 5.74) is 3.62. The van der Waals surface area contributed by atoms with E-state index in [1.165, 1.54) is 0 Å². The maximum atomic E-state index is 12.5. The fourth-order valence-electron chi connectivity index (χ4n) is 3.80. The molecule has 2 aliphatic rings. The third kappa shape index (κ3) is 4.81. The Morgan fingerprint density at radius 1 is 1.03 bits per heavy atom. The maximum absolute atomic E-state index is 12.5. The molecular formula is C23H27N3O5. The minimum atomic E-state index is -0.680. The van der Waals surface area contributed by atoms with Gasteiger partial charge < -0.3 is 24.8 Å². The molecule has 4 rings (SSSR count). The van der Waals surface area contributed by atoms with Crippen molar-refractivity contribution in [2.24, 2.45) is 0 Å². The number of nitrogens with zero attached hydrogens (tertiary/aromatic N) is 1. The molecule has 2 aliphatic heterocycles. The van der Waals surface area contributed by atoms with Crippen LogP contribution in [0.4, 0.5) is 5.69 Å². The molecule has 2 aromatic carbocycles. The summed E-state index contributed by atoms with van der Waals surface area (Å²) >= 11 is 0. The molecule has 0 bridgehead atoms. The zero-order valence-corrected chi connectivity index (χ0v) is 17.8. The van der Waals surface area contributed by atoms with Gasteiger partial charge in [0.15, 0.2) is 11.5 Å². The number of hydrogen-bond acceptors (Lipinski definition) is 6. The van der Waals surface area contributed by atoms with Gasteiger partial charge in [0.2, 0.25) is 6.79 Å². The number of fused-ring (bicyclic) bond motifs is 1. The third-order valence-corrected chi connectivity index (χ3v) is 5.78. The molecule has 0 aliphatic carbocycles. The molecule has 1 saturated heterocycles. The highest BCUT2D eigenvalue weighted by Crippen LogP contribution is 2.35. The Morgan fingerprint density at radius 3 is 2.61 bits per heavy atom. The second-order valence-corrected chi connectivity index (χ2v) is 7.69. The maximum Gasteiger partial charge on any atom is 0.313 e. The highest BCUT2D eigenvalue weighted by molar-refractivity contribution is 6.39. The van der Waals surface area contributed by atoms with Crippen molar-refractivity contribution in [2.45, 2.75) is 19.9 Å². The van der Waals surface area contributed by atoms with Crippen molar-refractivity contribution < 1.29 is 23.8 Å². The molecule has 31 heavy (non-hydrogen) atoms. The average molecular weight is 425 g/mol. The summed E-state index contributed by atoms with van der Waals surface area (Å²) in [5, 5.41) is 5.50. The van der Waals surface area contributed by atoms with Gasteiger partial charge in [0, 0.05) is 25.3 Å². The van der Waals surface area contributed by atoms with E-state index in [-0.39, 0.29) is 12.8 Å². The highest BCUT2D eigenvalue weighted by Gasteiger charge is 2.26. The van der Waals surface area contributed by atoms with Gasteiger partial charge in [-0.1, -0.05) is 18.2 Å². The molecule has 2 N–H and O–H groups in total. The zero-order chi connectivity index (χ0) is 21.8. The molecule has 1 atom stereocenters. The lowest BCUT2D eigenvalue weighted by Crippen LogP contribution is -2.45. The third-order valence-electron chi connectivity index (χ3n) is 5.78. The lowest BCUT2D eigenvalue weighted by atomic mass is 10.0. The standard InChI is InChI=1S/C23H27N3O5/c1-15-4-3-5-18(16(15)2)25-23(28)22(27)24-13-19(26-8-10-29-11-9-26)17-6-7-20-21(12-17)31-14-30-20/h3-7,12,19H,8-11,13-14H2,1-2H3,(H,24,27)(H,25,28)/t19-/m0/s1. The van der Waals surface area contributed by atoms with Crippen molar-refractivity contribution in [3.63, 3.8) is 0 Å². The van der Waals surface area contributed by atoms with E-state index in [2.05, 4.69) is 15.5 Å². The number of morpholine rings is 1. The zero-order valence-electron chi connectivity index (χ0n) is 17.8. The number of aryl methyl sites for hydroxylation is 1. The number of anilines is 1. The molecule has 0 aromatic heterocycles. The van der Waals surface area contributed by atoms with Crippen LogP contribution < -0.4 is 20.1 Å². The minimum Gasteiger partial charge on any atom is -0.454 e. The summed E-state index contributed by atoms with van der Waals surface area (Å²) in [5.74, 6) is 0.0520. The summed E-state index contributed by atoms with van der Waals surface area (Å²) in [6, 6.07) is 11.3. The SMILES string of the molecule is Cc1cccc(NC(=O)C(=O)NC[C@@H](c2ccc3c(c2)OCO3)N2CCOCC2)c1C. The van der Waals surface area contributed by atoms with Crippen molar-refractivity contribution in [3.05, 3.63) is 53.1 Å². The van der Waals surface area contributed by atoms with Gasteiger partial charge in [-0.3, -0.25) is 14.5 Å². The summed E-state index contributed by atoms with van der Waals surface area (Å²) in [4.78, 5) is 27.2. The van der Waals surface area contributed by atoms with Crippen LogP contribution in [0.3, 0.4) is 0 Å². The fraction of sp³-hybridized carbons (Fsp3) is 0.391. The molecule has 0 radical (unpaired) electrons. The largest absolute Gasteiger partial charge is 0.454 e. The van der Waals surface area contributed by atoms with E-state index in [1.54, 1.807) is 6.07 Å². The number of benzene rings is 2. The quantitative estimate of drug-likeness (QED) is 0.714. The lowest BCUT2D eigenvalue weighted by molar-refractivity contribution is -0.136. The fourth-order valence-corrected chi connectivity index (χ4v) is 3.80. The summed E-state index contributed by atoms with van der Waals surface area (Å²) in [6.07, 6.45) is 0. The Bertz CT molecular complexity index is 972. The van der Waals surface area contributed by atoms with Gasteiger partial charge in [0.1, 0.15) is 0 Å². The van der Waals surface area contributed by atoms with Crippen molar-refractivity contribution in [1.82, 2.24) is 10.2 Å². The van der Waals surface area contributed by atoms with Gasteiger partial charge in [0.25, 0.3) is 0 Å². The number of carbonyl (C=O) groups is 2. The Morgan fingerprint density at radius 2 is 1.81 bits per heavy atom. The Labute approximate surface area is 181 Å². The van der Waals surface area contributed by atoms with Crippen LogP contribution in [0.25, 0.3) is 0 Å². The van der Waals surface area contributed by atoms with Gasteiger partial charge >= 0.3 is 11.8 Å². The number of ether oxygens (including phenoxy) is 3. The van der Waals surface area contributed by atoms with Crippen LogP contribution in [-0.4, -0.2) is 56.4 Å². The molecule has 164 valence electrons. The van der Waals surface area contributed by atoms with E-state index >= 15 is 0 Å². The van der Waals surface area contributed by atoms with Gasteiger partial charge in [0.05, 0.1) is 19.3 Å². The molecule has 1 fully saturated rings. The molecule has 8 heteroatoms. The topological polar surface area (TPSA) is 89.1 Å². The summed E-state index contributed by atoms with van der Waals surface area (Å²) < 4.78 is 16.4. The van der Waals surface area contributed by atoms with Crippen molar-refractivity contribution >= 4 is 17.5 Å². The molecule has 8 nitrogen and oxygen atoms in total. The predicted molar refractivity (Wildman–Crippen MR) is 115 cm³/mol. The monoisotopic (exact) mass is 425 g/mol. The Balaban J connectivity index is 1.45. The van der Waals surface area contributed by atoms with E-state index in [4.69, 9.17) is 14.2 Å². The van der Waals surface area contributed by atoms with Crippen molar-refractivity contribution in [3.8, 4) is 11.5 Å². The van der Waals surface area contributed by atoms with Gasteiger partial charge in [-0.2, -0.15) is 0 Å². The predicted octanol–water partition coefficient (Wildman–Crippen LogP) is 2.16. The normalized spacial score (nSPS) is 16.6. The smallest absolute Gasteiger partial charge is 0.313 e. The van der Waals surface area contributed by atoms with Crippen LogP contribution in [0.2, 0.25) is 0 Å². The second-order valence-electron chi connectivity index (χ2n) is 7.69. The first-order chi connectivity index (χ1) is 15.0. The van der Waals surface area contributed by atoms with Crippen LogP contribution in [0, 0.1) is 13.8 Å². The number of amides is 2. The lowest BCUT2D eigenvalue weighted by Gasteiger charge is -2.35. The van der Waals surface area contributed by atoms with E-state index in [9.17, 15) is 9.59 Å². The highest BCUT2D eigenvalue weighted by atomic mass is 16.7. The molecule has 0 unspecified atom stereocenters. The molecular weight excluding hydrogens is 398 g/mol. The first kappa shape index (κ1) is 21.1. The van der Waals surface area contributed by atoms with Gasteiger partial charge in [-0.05, 0) is 48.7 Å². The van der Waals surface area contributed by atoms with E-state index in [0.29, 0.717) is 36.9 Å². The van der Waals surface area contributed by atoms with Gasteiger partial charge in [-0.25, -0.2) is 0 Å². The van der Waals surface area contributed by atoms with E-state index in [0.717, 1.165) is 29.8 Å². The molecule has 0 spiro atoms. The number of carbonyl (C=O) groups excluding carboxylic acids is 2. The first-order valence-corrected chi connectivity index (χ1v) is 10.4. The number of nitrogens with one attached hydrogen (secondary N) is 2. The van der Waals surface area contributed by atoms with Crippen molar-refractivity contribution in [1.29, 1.82) is 0 Å². The van der Waals surface area contributed by atoms with Crippen LogP contribution in [0.1, 0.15) is 22.7 Å². The molecule has 2 amide bonds. The average Bonchev–Trinajstić information content (AvgIpc) is 3.25. The van der Waals surface area contributed by atoms with Crippen LogP contribution in [0.15, 0.2) is 36.4 Å². The minimum absolute atomic E-state index is 0.115. The number of hydrogen-bond donors (Lipinski definition) is 2. The van der Waals surface area contributed by atoms with Gasteiger partial charge in [-0.15, -0.1) is 0 Å². The molecule has 2 heterocycles. The van der Waals surface area contributed by atoms with Crippen LogP contribution in [0.5, 0.6) is 11.5 Å². The summed E-state index contributed by atoms with van der Waals surface area (Å²) in [6.45, 7) is 7.10. The van der Waals surface area contributed by atoms with Crippen LogP contribution in [-0.2, 0) is 14.3 Å². The van der Waals surface area contributed by atoms with E-state index < -0.39 is 11.8 Å². The van der Waals surface area contributed by atoms with Crippen molar-refractivity contribution in [2.75, 3.05) is 45.0 Å². The molecule has 2 aromatic rings. The van der Waals surface area contributed by atoms with Crippen LogP contribution >= 0.6 is 0 Å². The molecule has 0 saturated carbocycles. The Kier molecular flexibility index (Phi) is 6.39.